The van der Waals surface area contributed by atoms with Crippen molar-refractivity contribution in [3.8, 4) is 0 Å². The fourth-order valence-corrected chi connectivity index (χ4v) is 2.34. The SMILES string of the molecule is CC(=O)N1CCCC(n2cc(C)c(C(=O)O)n2)C1. The van der Waals surface area contributed by atoms with Crippen LogP contribution in [0, 0.1) is 6.92 Å². The minimum absolute atomic E-state index is 0.0574. The molecule has 1 aliphatic rings. The van der Waals surface area contributed by atoms with E-state index in [9.17, 15) is 9.59 Å². The molecule has 1 fully saturated rings. The first kappa shape index (κ1) is 12.6. The van der Waals surface area contributed by atoms with Gasteiger partial charge in [-0.25, -0.2) is 4.79 Å². The average molecular weight is 251 g/mol. The number of carbonyl (C=O) groups is 2. The fourth-order valence-electron chi connectivity index (χ4n) is 2.34. The lowest BCUT2D eigenvalue weighted by Gasteiger charge is -2.32. The van der Waals surface area contributed by atoms with Gasteiger partial charge in [-0.3, -0.25) is 9.48 Å². The molecule has 1 aromatic rings. The van der Waals surface area contributed by atoms with Gasteiger partial charge < -0.3 is 10.0 Å². The standard InChI is InChI=1S/C12H17N3O3/c1-8-6-15(13-11(8)12(17)18)10-4-3-5-14(7-10)9(2)16/h6,10H,3-5,7H2,1-2H3,(H,17,18). The molecule has 1 saturated heterocycles. The molecule has 1 amide bonds. The highest BCUT2D eigenvalue weighted by molar-refractivity contribution is 5.86. The molecule has 1 aliphatic heterocycles. The van der Waals surface area contributed by atoms with Gasteiger partial charge in [-0.05, 0) is 19.8 Å². The van der Waals surface area contributed by atoms with E-state index in [0.717, 1.165) is 19.4 Å². The minimum Gasteiger partial charge on any atom is -0.476 e. The number of carboxylic acid groups (broad SMARTS) is 1. The van der Waals surface area contributed by atoms with Crippen molar-refractivity contribution in [2.24, 2.45) is 0 Å². The van der Waals surface area contributed by atoms with Gasteiger partial charge in [0.05, 0.1) is 6.04 Å². The van der Waals surface area contributed by atoms with Crippen LogP contribution in [0.25, 0.3) is 0 Å². The van der Waals surface area contributed by atoms with Crippen LogP contribution in [0.3, 0.4) is 0 Å². The van der Waals surface area contributed by atoms with Crippen LogP contribution in [-0.2, 0) is 4.79 Å². The molecule has 1 N–H and O–H groups in total. The van der Waals surface area contributed by atoms with E-state index in [-0.39, 0.29) is 17.6 Å². The van der Waals surface area contributed by atoms with Crippen LogP contribution < -0.4 is 0 Å². The smallest absolute Gasteiger partial charge is 0.356 e. The summed E-state index contributed by atoms with van der Waals surface area (Å²) in [5.74, 6) is -0.951. The first-order valence-electron chi connectivity index (χ1n) is 6.03. The summed E-state index contributed by atoms with van der Waals surface area (Å²) >= 11 is 0. The topological polar surface area (TPSA) is 75.4 Å². The average Bonchev–Trinajstić information content (AvgIpc) is 2.71. The monoisotopic (exact) mass is 251 g/mol. The number of likely N-dealkylation sites (tertiary alicyclic amines) is 1. The Kier molecular flexibility index (Phi) is 3.36. The van der Waals surface area contributed by atoms with Gasteiger partial charge in [-0.2, -0.15) is 5.10 Å². The highest BCUT2D eigenvalue weighted by Crippen LogP contribution is 2.22. The zero-order chi connectivity index (χ0) is 13.3. The first-order valence-corrected chi connectivity index (χ1v) is 6.03. The van der Waals surface area contributed by atoms with E-state index in [2.05, 4.69) is 5.10 Å². The molecule has 98 valence electrons. The van der Waals surface area contributed by atoms with Gasteiger partial charge in [-0.15, -0.1) is 0 Å². The molecule has 1 atom stereocenters. The zero-order valence-electron chi connectivity index (χ0n) is 10.6. The van der Waals surface area contributed by atoms with Crippen LogP contribution in [0.5, 0.6) is 0 Å². The van der Waals surface area contributed by atoms with Crippen LogP contribution in [-0.4, -0.2) is 44.8 Å². The zero-order valence-corrected chi connectivity index (χ0v) is 10.6. The molecule has 1 aromatic heterocycles. The van der Waals surface area contributed by atoms with Gasteiger partial charge in [0.25, 0.3) is 0 Å². The second-order valence-electron chi connectivity index (χ2n) is 4.71. The normalized spacial score (nSPS) is 19.9. The van der Waals surface area contributed by atoms with Crippen molar-refractivity contribution in [3.05, 3.63) is 17.5 Å². The van der Waals surface area contributed by atoms with Gasteiger partial charge in [-0.1, -0.05) is 0 Å². The van der Waals surface area contributed by atoms with E-state index in [1.807, 2.05) is 0 Å². The van der Waals surface area contributed by atoms with Crippen molar-refractivity contribution >= 4 is 11.9 Å². The number of nitrogens with zero attached hydrogens (tertiary/aromatic N) is 3. The number of piperidine rings is 1. The van der Waals surface area contributed by atoms with Crippen LogP contribution in [0.15, 0.2) is 6.20 Å². The number of amides is 1. The highest BCUT2D eigenvalue weighted by atomic mass is 16.4. The summed E-state index contributed by atoms with van der Waals surface area (Å²) in [6, 6.07) is 0.0782. The number of aromatic carboxylic acids is 1. The second-order valence-corrected chi connectivity index (χ2v) is 4.71. The lowest BCUT2D eigenvalue weighted by Crippen LogP contribution is -2.39. The lowest BCUT2D eigenvalue weighted by atomic mass is 10.1. The fraction of sp³-hybridized carbons (Fsp3) is 0.583. The van der Waals surface area contributed by atoms with Gasteiger partial charge in [0, 0.05) is 31.8 Å². The van der Waals surface area contributed by atoms with Crippen molar-refractivity contribution in [2.45, 2.75) is 32.7 Å². The minimum atomic E-state index is -1.01. The number of rotatable bonds is 2. The third-order valence-electron chi connectivity index (χ3n) is 3.33. The summed E-state index contributed by atoms with van der Waals surface area (Å²) in [6.45, 7) is 4.67. The number of carbonyl (C=O) groups excluding carboxylic acids is 1. The molecule has 0 aromatic carbocycles. The van der Waals surface area contributed by atoms with Gasteiger partial charge in [0.2, 0.25) is 5.91 Å². The summed E-state index contributed by atoms with van der Waals surface area (Å²) < 4.78 is 1.69. The summed E-state index contributed by atoms with van der Waals surface area (Å²) in [7, 11) is 0. The van der Waals surface area contributed by atoms with E-state index >= 15 is 0 Å². The van der Waals surface area contributed by atoms with E-state index in [1.165, 1.54) is 0 Å². The molecular weight excluding hydrogens is 234 g/mol. The van der Waals surface area contributed by atoms with Crippen molar-refractivity contribution in [2.75, 3.05) is 13.1 Å². The van der Waals surface area contributed by atoms with Crippen LogP contribution in [0.4, 0.5) is 0 Å². The van der Waals surface area contributed by atoms with E-state index < -0.39 is 5.97 Å². The predicted molar refractivity (Wildman–Crippen MR) is 64.4 cm³/mol. The van der Waals surface area contributed by atoms with Crippen molar-refractivity contribution < 1.29 is 14.7 Å². The maximum absolute atomic E-state index is 11.4. The Bertz CT molecular complexity index is 481. The molecule has 18 heavy (non-hydrogen) atoms. The highest BCUT2D eigenvalue weighted by Gasteiger charge is 2.24. The van der Waals surface area contributed by atoms with Gasteiger partial charge in [0.1, 0.15) is 0 Å². The molecular formula is C12H17N3O3. The number of hydrogen-bond acceptors (Lipinski definition) is 3. The number of hydrogen-bond donors (Lipinski definition) is 1. The third-order valence-corrected chi connectivity index (χ3v) is 3.33. The summed E-state index contributed by atoms with van der Waals surface area (Å²) in [5.41, 5.74) is 0.748. The predicted octanol–water partition coefficient (Wildman–Crippen LogP) is 1.07. The van der Waals surface area contributed by atoms with E-state index in [4.69, 9.17) is 5.11 Å². The Morgan fingerprint density at radius 3 is 2.78 bits per heavy atom. The molecule has 2 rings (SSSR count). The molecule has 2 heterocycles. The molecule has 0 aliphatic carbocycles. The molecule has 6 heteroatoms. The quantitative estimate of drug-likeness (QED) is 0.853. The molecule has 1 unspecified atom stereocenters. The van der Waals surface area contributed by atoms with Crippen molar-refractivity contribution in [1.29, 1.82) is 0 Å². The Labute approximate surface area is 105 Å². The van der Waals surface area contributed by atoms with E-state index in [1.54, 1.807) is 29.6 Å². The Balaban J connectivity index is 2.18. The van der Waals surface area contributed by atoms with Gasteiger partial charge >= 0.3 is 5.97 Å². The van der Waals surface area contributed by atoms with Crippen LogP contribution in [0.2, 0.25) is 0 Å². The first-order chi connectivity index (χ1) is 8.49. The summed E-state index contributed by atoms with van der Waals surface area (Å²) in [5, 5.41) is 13.1. The lowest BCUT2D eigenvalue weighted by molar-refractivity contribution is -0.130. The Morgan fingerprint density at radius 1 is 1.50 bits per heavy atom. The maximum Gasteiger partial charge on any atom is 0.356 e. The number of aryl methyl sites for hydroxylation is 1. The second kappa shape index (κ2) is 4.80. The third kappa shape index (κ3) is 2.37. The molecule has 6 nitrogen and oxygen atoms in total. The largest absolute Gasteiger partial charge is 0.476 e. The molecule has 0 spiro atoms. The number of carboxylic acids is 1. The van der Waals surface area contributed by atoms with Gasteiger partial charge in [0.15, 0.2) is 5.69 Å². The van der Waals surface area contributed by atoms with Crippen molar-refractivity contribution in [1.82, 2.24) is 14.7 Å². The van der Waals surface area contributed by atoms with E-state index in [0.29, 0.717) is 12.1 Å². The molecule has 0 radical (unpaired) electrons. The Morgan fingerprint density at radius 2 is 2.22 bits per heavy atom. The van der Waals surface area contributed by atoms with Crippen LogP contribution >= 0.6 is 0 Å². The number of aromatic nitrogens is 2. The summed E-state index contributed by atoms with van der Waals surface area (Å²) in [4.78, 5) is 24.1. The molecule has 0 saturated carbocycles. The Hall–Kier alpha value is -1.85. The molecule has 0 bridgehead atoms. The maximum atomic E-state index is 11.4. The van der Waals surface area contributed by atoms with Crippen LogP contribution in [0.1, 0.15) is 41.9 Å². The van der Waals surface area contributed by atoms with Crippen molar-refractivity contribution in [3.63, 3.8) is 0 Å². The summed E-state index contributed by atoms with van der Waals surface area (Å²) in [6.07, 6.45) is 3.59.